The molecule has 0 aliphatic heterocycles. The summed E-state index contributed by atoms with van der Waals surface area (Å²) in [4.78, 5) is 10.8. The first-order chi connectivity index (χ1) is 4.57. The molecular weight excluding hydrogens is 128 g/mol. The molecule has 1 atom stereocenters. The molecule has 1 amide bonds. The third-order valence-electron chi connectivity index (χ3n) is 0.929. The minimum Gasteiger partial charge on any atom is -0.337 e. The summed E-state index contributed by atoms with van der Waals surface area (Å²) in [6.45, 7) is 6.63. The monoisotopic (exact) mass is 138 g/mol. The highest BCUT2D eigenvalue weighted by Gasteiger charge is 2.04. The zero-order valence-corrected chi connectivity index (χ0v) is 6.14. The first-order valence-electron chi connectivity index (χ1n) is 2.94. The van der Waals surface area contributed by atoms with Crippen molar-refractivity contribution in [2.75, 3.05) is 0 Å². The van der Waals surface area contributed by atoms with Crippen LogP contribution in [-0.4, -0.2) is 11.9 Å². The molecule has 0 heterocycles. The topological polar surface area (TPSA) is 52.9 Å². The number of amides is 1. The number of nitriles is 1. The van der Waals surface area contributed by atoms with E-state index in [0.717, 1.165) is 0 Å². The average molecular weight is 138 g/mol. The molecule has 0 fully saturated rings. The Bertz CT molecular complexity index is 190. The van der Waals surface area contributed by atoms with Crippen molar-refractivity contribution in [3.05, 3.63) is 12.2 Å². The normalized spacial score (nSPS) is 11.3. The highest BCUT2D eigenvalue weighted by atomic mass is 16.1. The van der Waals surface area contributed by atoms with Crippen molar-refractivity contribution >= 4 is 5.91 Å². The Morgan fingerprint density at radius 1 is 1.80 bits per heavy atom. The van der Waals surface area contributed by atoms with Crippen LogP contribution < -0.4 is 5.32 Å². The van der Waals surface area contributed by atoms with E-state index in [9.17, 15) is 4.79 Å². The van der Waals surface area contributed by atoms with Crippen LogP contribution in [0.2, 0.25) is 0 Å². The van der Waals surface area contributed by atoms with Gasteiger partial charge in [-0.05, 0) is 13.8 Å². The van der Waals surface area contributed by atoms with Gasteiger partial charge in [-0.1, -0.05) is 6.58 Å². The first-order valence-corrected chi connectivity index (χ1v) is 2.94. The fourth-order valence-corrected chi connectivity index (χ4v) is 0.352. The molecule has 0 aliphatic rings. The second-order valence-electron chi connectivity index (χ2n) is 2.10. The molecule has 54 valence electrons. The van der Waals surface area contributed by atoms with Crippen molar-refractivity contribution in [1.82, 2.24) is 5.32 Å². The van der Waals surface area contributed by atoms with Crippen LogP contribution in [0, 0.1) is 11.3 Å². The Hall–Kier alpha value is -1.30. The van der Waals surface area contributed by atoms with Crippen molar-refractivity contribution < 1.29 is 4.79 Å². The maximum Gasteiger partial charge on any atom is 0.247 e. The van der Waals surface area contributed by atoms with E-state index in [4.69, 9.17) is 5.26 Å². The molecule has 0 rings (SSSR count). The molecule has 0 saturated heterocycles. The lowest BCUT2D eigenvalue weighted by atomic mass is 10.3. The molecule has 0 aliphatic carbocycles. The summed E-state index contributed by atoms with van der Waals surface area (Å²) in [6.07, 6.45) is 0. The summed E-state index contributed by atoms with van der Waals surface area (Å²) in [6, 6.07) is 1.44. The van der Waals surface area contributed by atoms with E-state index in [2.05, 4.69) is 11.9 Å². The molecule has 0 radical (unpaired) electrons. The number of nitrogens with one attached hydrogen (secondary N) is 1. The summed E-state index contributed by atoms with van der Waals surface area (Å²) in [5.41, 5.74) is 0.419. The van der Waals surface area contributed by atoms with Gasteiger partial charge in [-0.15, -0.1) is 0 Å². The minimum atomic E-state index is -0.441. The summed E-state index contributed by atoms with van der Waals surface area (Å²) in [5, 5.41) is 10.7. The number of carbonyl (C=O) groups excluding carboxylic acids is 1. The van der Waals surface area contributed by atoms with Gasteiger partial charge in [0.05, 0.1) is 6.07 Å². The fraction of sp³-hybridized carbons (Fsp3) is 0.429. The van der Waals surface area contributed by atoms with Crippen LogP contribution >= 0.6 is 0 Å². The molecule has 0 aromatic heterocycles. The van der Waals surface area contributed by atoms with Crippen LogP contribution in [-0.2, 0) is 4.79 Å². The number of nitrogens with zero attached hydrogens (tertiary/aromatic N) is 1. The third-order valence-corrected chi connectivity index (χ3v) is 0.929. The molecule has 0 aromatic rings. The average Bonchev–Trinajstić information content (AvgIpc) is 1.87. The van der Waals surface area contributed by atoms with Gasteiger partial charge in [-0.2, -0.15) is 5.26 Å². The predicted molar refractivity (Wildman–Crippen MR) is 38.0 cm³/mol. The minimum absolute atomic E-state index is 0.269. The lowest BCUT2D eigenvalue weighted by Crippen LogP contribution is -2.31. The third kappa shape index (κ3) is 2.88. The molecule has 0 spiro atoms. The summed E-state index contributed by atoms with van der Waals surface area (Å²) in [7, 11) is 0. The Morgan fingerprint density at radius 2 is 2.30 bits per heavy atom. The smallest absolute Gasteiger partial charge is 0.247 e. The van der Waals surface area contributed by atoms with Crippen LogP contribution in [0.3, 0.4) is 0 Å². The molecule has 0 aromatic carbocycles. The van der Waals surface area contributed by atoms with Gasteiger partial charge in [0, 0.05) is 5.57 Å². The molecule has 3 nitrogen and oxygen atoms in total. The molecule has 3 heteroatoms. The van der Waals surface area contributed by atoms with Gasteiger partial charge < -0.3 is 5.32 Å². The maximum atomic E-state index is 10.8. The number of hydrogen-bond donors (Lipinski definition) is 1. The molecule has 1 unspecified atom stereocenters. The van der Waals surface area contributed by atoms with Crippen molar-refractivity contribution in [3.63, 3.8) is 0 Å². The van der Waals surface area contributed by atoms with Gasteiger partial charge in [0.15, 0.2) is 0 Å². The van der Waals surface area contributed by atoms with Crippen molar-refractivity contribution in [2.24, 2.45) is 0 Å². The highest BCUT2D eigenvalue weighted by molar-refractivity contribution is 5.92. The highest BCUT2D eigenvalue weighted by Crippen LogP contribution is 1.87. The van der Waals surface area contributed by atoms with E-state index in [0.29, 0.717) is 5.57 Å². The van der Waals surface area contributed by atoms with E-state index < -0.39 is 6.04 Å². The van der Waals surface area contributed by atoms with Gasteiger partial charge in [-0.25, -0.2) is 0 Å². The Kier molecular flexibility index (Phi) is 3.20. The molecule has 0 bridgehead atoms. The van der Waals surface area contributed by atoms with Gasteiger partial charge in [-0.3, -0.25) is 4.79 Å². The van der Waals surface area contributed by atoms with E-state index in [1.54, 1.807) is 13.8 Å². The van der Waals surface area contributed by atoms with Crippen LogP contribution in [0.25, 0.3) is 0 Å². The van der Waals surface area contributed by atoms with Gasteiger partial charge in [0.2, 0.25) is 5.91 Å². The van der Waals surface area contributed by atoms with Crippen LogP contribution in [0.1, 0.15) is 13.8 Å². The predicted octanol–water partition coefficient (Wildman–Crippen LogP) is 0.591. The first kappa shape index (κ1) is 8.70. The van der Waals surface area contributed by atoms with Gasteiger partial charge in [0.25, 0.3) is 0 Å². The van der Waals surface area contributed by atoms with E-state index in [1.165, 1.54) is 0 Å². The Labute approximate surface area is 60.3 Å². The van der Waals surface area contributed by atoms with Crippen molar-refractivity contribution in [2.45, 2.75) is 19.9 Å². The van der Waals surface area contributed by atoms with Crippen LogP contribution in [0.15, 0.2) is 12.2 Å². The lowest BCUT2D eigenvalue weighted by molar-refractivity contribution is -0.117. The van der Waals surface area contributed by atoms with E-state index >= 15 is 0 Å². The molecule has 10 heavy (non-hydrogen) atoms. The molecular formula is C7H10N2O. The summed E-state index contributed by atoms with van der Waals surface area (Å²) in [5.74, 6) is -0.269. The zero-order chi connectivity index (χ0) is 8.15. The van der Waals surface area contributed by atoms with Crippen molar-refractivity contribution in [3.8, 4) is 6.07 Å². The standard InChI is InChI=1S/C7H10N2O/c1-5(2)7(10)9-6(3)4-8/h6H,1H2,2-3H3,(H,9,10). The number of rotatable bonds is 2. The Balaban J connectivity index is 3.83. The maximum absolute atomic E-state index is 10.8. The second-order valence-corrected chi connectivity index (χ2v) is 2.10. The quantitative estimate of drug-likeness (QED) is 0.568. The zero-order valence-electron chi connectivity index (χ0n) is 6.14. The fourth-order valence-electron chi connectivity index (χ4n) is 0.352. The summed E-state index contributed by atoms with van der Waals surface area (Å²) >= 11 is 0. The largest absolute Gasteiger partial charge is 0.337 e. The van der Waals surface area contributed by atoms with E-state index in [1.807, 2.05) is 6.07 Å². The summed E-state index contributed by atoms with van der Waals surface area (Å²) < 4.78 is 0. The van der Waals surface area contributed by atoms with E-state index in [-0.39, 0.29) is 5.91 Å². The van der Waals surface area contributed by atoms with Crippen LogP contribution in [0.4, 0.5) is 0 Å². The van der Waals surface area contributed by atoms with Crippen molar-refractivity contribution in [1.29, 1.82) is 5.26 Å². The molecule has 0 saturated carbocycles. The van der Waals surface area contributed by atoms with Crippen LogP contribution in [0.5, 0.6) is 0 Å². The lowest BCUT2D eigenvalue weighted by Gasteiger charge is -2.03. The number of carbonyl (C=O) groups is 1. The van der Waals surface area contributed by atoms with Gasteiger partial charge in [0.1, 0.15) is 6.04 Å². The molecule has 1 N–H and O–H groups in total. The Morgan fingerprint density at radius 3 is 2.60 bits per heavy atom. The number of hydrogen-bond acceptors (Lipinski definition) is 2. The SMILES string of the molecule is C=C(C)C(=O)NC(C)C#N. The second kappa shape index (κ2) is 3.67. The van der Waals surface area contributed by atoms with Gasteiger partial charge >= 0.3 is 0 Å².